The fourth-order valence-corrected chi connectivity index (χ4v) is 11.9. The fraction of sp³-hybridized carbons (Fsp3) is 0.0141. The molecule has 14 rings (SSSR count). The molecule has 0 unspecified atom stereocenters. The van der Waals surface area contributed by atoms with E-state index >= 15 is 0 Å². The van der Waals surface area contributed by atoms with Crippen molar-refractivity contribution < 1.29 is 0 Å². The molecule has 73 heavy (non-hydrogen) atoms. The Morgan fingerprint density at radius 2 is 0.740 bits per heavy atom. The van der Waals surface area contributed by atoms with Gasteiger partial charge in [-0.05, 0) is 150 Å². The summed E-state index contributed by atoms with van der Waals surface area (Å²) in [4.78, 5) is 2.42. The Kier molecular flexibility index (Phi) is 10.1. The van der Waals surface area contributed by atoms with Crippen molar-refractivity contribution in [2.24, 2.45) is 0 Å². The highest BCUT2D eigenvalue weighted by Crippen LogP contribution is 2.57. The number of nitrogens with zero attached hydrogens (tertiary/aromatic N) is 2. The quantitative estimate of drug-likeness (QED) is 0.140. The largest absolute Gasteiger partial charge is 0.310 e. The Balaban J connectivity index is 0.857. The Hall–Kier alpha value is -9.50. The maximum atomic E-state index is 2.45. The van der Waals surface area contributed by atoms with Gasteiger partial charge in [0.05, 0.1) is 16.4 Å². The normalized spacial score (nSPS) is 12.5. The van der Waals surface area contributed by atoms with E-state index in [-0.39, 0.29) is 0 Å². The Morgan fingerprint density at radius 3 is 1.41 bits per heavy atom. The zero-order chi connectivity index (χ0) is 48.3. The van der Waals surface area contributed by atoms with Crippen LogP contribution in [0.25, 0.3) is 82.8 Å². The minimum atomic E-state index is -0.515. The predicted molar refractivity (Wildman–Crippen MR) is 307 cm³/mol. The Bertz CT molecular complexity index is 4120. The number of para-hydroxylation sites is 2. The van der Waals surface area contributed by atoms with Crippen molar-refractivity contribution >= 4 is 49.6 Å². The predicted octanol–water partition coefficient (Wildman–Crippen LogP) is 18.8. The van der Waals surface area contributed by atoms with Crippen molar-refractivity contribution in [1.29, 1.82) is 0 Å². The lowest BCUT2D eigenvalue weighted by molar-refractivity contribution is 0.768. The molecule has 1 heterocycles. The Morgan fingerprint density at radius 1 is 0.274 bits per heavy atom. The van der Waals surface area contributed by atoms with Gasteiger partial charge in [0, 0.05) is 33.5 Å². The number of fused-ring (bicyclic) bond motifs is 7. The average Bonchev–Trinajstić information content (AvgIpc) is 3.96. The van der Waals surface area contributed by atoms with E-state index in [1.165, 1.54) is 105 Å². The smallest absolute Gasteiger partial charge is 0.0714 e. The van der Waals surface area contributed by atoms with E-state index in [0.29, 0.717) is 0 Å². The summed E-state index contributed by atoms with van der Waals surface area (Å²) in [5, 5.41) is 5.00. The van der Waals surface area contributed by atoms with Crippen LogP contribution >= 0.6 is 0 Å². The van der Waals surface area contributed by atoms with Crippen molar-refractivity contribution in [2.45, 2.75) is 5.41 Å². The highest BCUT2D eigenvalue weighted by atomic mass is 15.1. The Labute approximate surface area is 426 Å². The van der Waals surface area contributed by atoms with Gasteiger partial charge in [-0.25, -0.2) is 0 Å². The molecule has 0 saturated heterocycles. The van der Waals surface area contributed by atoms with Gasteiger partial charge in [-0.2, -0.15) is 0 Å². The minimum absolute atomic E-state index is 0.515. The zero-order valence-corrected chi connectivity index (χ0v) is 40.1. The van der Waals surface area contributed by atoms with E-state index in [1.807, 2.05) is 0 Å². The summed E-state index contributed by atoms with van der Waals surface area (Å²) in [7, 11) is 0. The molecule has 0 fully saturated rings. The highest BCUT2D eigenvalue weighted by molar-refractivity contribution is 6.10. The molecule has 13 aromatic rings. The fourth-order valence-electron chi connectivity index (χ4n) is 11.9. The number of hydrogen-bond donors (Lipinski definition) is 0. The lowest BCUT2D eigenvalue weighted by Gasteiger charge is -2.35. The van der Waals surface area contributed by atoms with E-state index < -0.39 is 5.41 Å². The molecule has 1 aromatic heterocycles. The summed E-state index contributed by atoms with van der Waals surface area (Å²) in [5.41, 5.74) is 21.1. The van der Waals surface area contributed by atoms with Crippen molar-refractivity contribution in [1.82, 2.24) is 4.57 Å². The van der Waals surface area contributed by atoms with Crippen molar-refractivity contribution in [3.8, 4) is 50.2 Å². The first-order valence-corrected chi connectivity index (χ1v) is 25.2. The van der Waals surface area contributed by atoms with Gasteiger partial charge in [-0.15, -0.1) is 0 Å². The third kappa shape index (κ3) is 7.02. The molecule has 0 atom stereocenters. The number of aromatic nitrogens is 1. The molecule has 1 aliphatic rings. The molecule has 0 N–H and O–H groups in total. The van der Waals surface area contributed by atoms with Crippen LogP contribution in [0.15, 0.2) is 291 Å². The van der Waals surface area contributed by atoms with Crippen LogP contribution in [0.1, 0.15) is 22.3 Å². The van der Waals surface area contributed by atoms with Gasteiger partial charge < -0.3 is 9.47 Å². The molecule has 0 radical (unpaired) electrons. The van der Waals surface area contributed by atoms with Gasteiger partial charge >= 0.3 is 0 Å². The minimum Gasteiger partial charge on any atom is -0.310 e. The molecule has 0 bridgehead atoms. The molecule has 12 aromatic carbocycles. The molecule has 342 valence electrons. The number of hydrogen-bond acceptors (Lipinski definition) is 1. The van der Waals surface area contributed by atoms with Crippen LogP contribution in [0, 0.1) is 0 Å². The molecule has 1 aliphatic carbocycles. The van der Waals surface area contributed by atoms with Gasteiger partial charge in [0.1, 0.15) is 0 Å². The van der Waals surface area contributed by atoms with E-state index in [2.05, 4.69) is 301 Å². The van der Waals surface area contributed by atoms with Gasteiger partial charge in [-0.1, -0.05) is 218 Å². The molecular formula is C71H48N2. The summed E-state index contributed by atoms with van der Waals surface area (Å²) in [6.45, 7) is 0. The second kappa shape index (κ2) is 17.4. The highest BCUT2D eigenvalue weighted by Gasteiger charge is 2.46. The molecule has 0 saturated carbocycles. The second-order valence-corrected chi connectivity index (χ2v) is 19.2. The van der Waals surface area contributed by atoms with Crippen molar-refractivity contribution in [3.63, 3.8) is 0 Å². The van der Waals surface area contributed by atoms with Crippen LogP contribution in [0.5, 0.6) is 0 Å². The van der Waals surface area contributed by atoms with Gasteiger partial charge in [0.25, 0.3) is 0 Å². The van der Waals surface area contributed by atoms with Crippen LogP contribution in [0.2, 0.25) is 0 Å². The molecule has 0 amide bonds. The molecular weight excluding hydrogens is 881 g/mol. The lowest BCUT2D eigenvalue weighted by Crippen LogP contribution is -2.28. The van der Waals surface area contributed by atoms with Gasteiger partial charge in [0.2, 0.25) is 0 Å². The third-order valence-corrected chi connectivity index (χ3v) is 15.3. The summed E-state index contributed by atoms with van der Waals surface area (Å²) >= 11 is 0. The average molecular weight is 929 g/mol. The molecule has 2 heteroatoms. The van der Waals surface area contributed by atoms with Gasteiger partial charge in [-0.3, -0.25) is 0 Å². The van der Waals surface area contributed by atoms with Crippen molar-refractivity contribution in [3.05, 3.63) is 313 Å². The molecule has 0 aliphatic heterocycles. The van der Waals surface area contributed by atoms with Crippen LogP contribution in [0.4, 0.5) is 17.1 Å². The van der Waals surface area contributed by atoms with Crippen LogP contribution < -0.4 is 4.90 Å². The number of rotatable bonds is 9. The maximum Gasteiger partial charge on any atom is 0.0714 e. The first kappa shape index (κ1) is 42.4. The van der Waals surface area contributed by atoms with E-state index in [0.717, 1.165) is 17.1 Å². The SMILES string of the molecule is c1ccc(-n2c3ccccc3c3cc(-c4ccc(-c5ccc(N(c6ccc(-c7ccc8ccccc8c7)cc6)c6ccc7c(c6)C(c6ccccc6)(c6ccccc6)c6ccccc6-7)cc5)cc4)ccc32)cc1. The van der Waals surface area contributed by atoms with Crippen molar-refractivity contribution in [2.75, 3.05) is 4.90 Å². The first-order chi connectivity index (χ1) is 36.2. The molecule has 0 spiro atoms. The maximum absolute atomic E-state index is 2.45. The summed E-state index contributed by atoms with van der Waals surface area (Å²) in [5.74, 6) is 0. The third-order valence-electron chi connectivity index (χ3n) is 15.3. The second-order valence-electron chi connectivity index (χ2n) is 19.2. The van der Waals surface area contributed by atoms with E-state index in [4.69, 9.17) is 0 Å². The summed E-state index contributed by atoms with van der Waals surface area (Å²) in [6.07, 6.45) is 0. The standard InChI is InChI=1S/C71H48N2/c1-4-18-57(19-5-1)71(58-20-6-2-7-21-58)67-26-14-12-24-63(67)64-44-43-62(48-68(64)71)72(61-41-36-53(37-42-61)55-33-32-49-16-10-11-17-54(49)46-55)60-39-34-51(35-40-60)50-28-30-52(31-29-50)56-38-45-70-66(47-56)65-25-13-15-27-69(65)73(70)59-22-8-3-9-23-59/h1-48H. The lowest BCUT2D eigenvalue weighted by atomic mass is 9.67. The summed E-state index contributed by atoms with van der Waals surface area (Å²) in [6, 6.07) is 107. The van der Waals surface area contributed by atoms with Crippen LogP contribution in [-0.2, 0) is 5.41 Å². The monoisotopic (exact) mass is 928 g/mol. The zero-order valence-electron chi connectivity index (χ0n) is 40.1. The first-order valence-electron chi connectivity index (χ1n) is 25.2. The molecule has 2 nitrogen and oxygen atoms in total. The topological polar surface area (TPSA) is 8.17 Å². The number of anilines is 3. The summed E-state index contributed by atoms with van der Waals surface area (Å²) < 4.78 is 2.37. The van der Waals surface area contributed by atoms with Crippen LogP contribution in [-0.4, -0.2) is 4.57 Å². The van der Waals surface area contributed by atoms with E-state index in [1.54, 1.807) is 0 Å². The van der Waals surface area contributed by atoms with E-state index in [9.17, 15) is 0 Å². The van der Waals surface area contributed by atoms with Gasteiger partial charge in [0.15, 0.2) is 0 Å². The van der Waals surface area contributed by atoms with Crippen LogP contribution in [0.3, 0.4) is 0 Å². The number of benzene rings is 12.